The minimum absolute atomic E-state index is 0.231. The topological polar surface area (TPSA) is 69.6 Å². The van der Waals surface area contributed by atoms with Crippen molar-refractivity contribution in [3.05, 3.63) is 24.3 Å². The minimum Gasteiger partial charge on any atom is -0.481 e. The number of hydrogen-bond donors (Lipinski definition) is 2. The van der Waals surface area contributed by atoms with E-state index in [-0.39, 0.29) is 12.6 Å². The van der Waals surface area contributed by atoms with Gasteiger partial charge in [-0.1, -0.05) is 12.1 Å². The molecule has 1 aromatic carbocycles. The number of nitrogens with one attached hydrogen (secondary N) is 1. The average molecular weight is 280 g/mol. The van der Waals surface area contributed by atoms with Gasteiger partial charge in [0.1, 0.15) is 0 Å². The zero-order chi connectivity index (χ0) is 13.8. The summed E-state index contributed by atoms with van der Waals surface area (Å²) >= 11 is 1.56. The van der Waals surface area contributed by atoms with Crippen molar-refractivity contribution in [1.29, 1.82) is 0 Å². The van der Waals surface area contributed by atoms with E-state index in [2.05, 4.69) is 5.32 Å². The van der Waals surface area contributed by atoms with Crippen LogP contribution in [0.3, 0.4) is 0 Å². The number of benzene rings is 1. The number of likely N-dealkylation sites (tertiary alicyclic amines) is 1. The van der Waals surface area contributed by atoms with E-state index < -0.39 is 11.9 Å². The van der Waals surface area contributed by atoms with Crippen LogP contribution in [0, 0.1) is 5.92 Å². The molecule has 5 nitrogen and oxygen atoms in total. The van der Waals surface area contributed by atoms with Crippen LogP contribution in [-0.2, 0) is 4.79 Å². The highest BCUT2D eigenvalue weighted by molar-refractivity contribution is 7.98. The standard InChI is InChI=1S/C13H16N2O3S/c1-19-11-5-3-2-4-10(11)14-13(18)15-7-6-9(8-15)12(16)17/h2-5,9H,6-8H2,1H3,(H,14,18)(H,16,17). The molecule has 2 rings (SSSR count). The van der Waals surface area contributed by atoms with Crippen molar-refractivity contribution in [3.63, 3.8) is 0 Å². The van der Waals surface area contributed by atoms with Gasteiger partial charge in [-0.3, -0.25) is 4.79 Å². The predicted molar refractivity (Wildman–Crippen MR) is 74.6 cm³/mol. The van der Waals surface area contributed by atoms with E-state index in [0.29, 0.717) is 13.0 Å². The maximum absolute atomic E-state index is 12.1. The van der Waals surface area contributed by atoms with Gasteiger partial charge in [0, 0.05) is 18.0 Å². The molecule has 1 fully saturated rings. The van der Waals surface area contributed by atoms with Crippen molar-refractivity contribution in [2.45, 2.75) is 11.3 Å². The molecule has 102 valence electrons. The van der Waals surface area contributed by atoms with Crippen LogP contribution in [0.4, 0.5) is 10.5 Å². The summed E-state index contributed by atoms with van der Waals surface area (Å²) in [5.41, 5.74) is 0.763. The first-order chi connectivity index (χ1) is 9.11. The minimum atomic E-state index is -0.834. The number of rotatable bonds is 3. The lowest BCUT2D eigenvalue weighted by Crippen LogP contribution is -2.33. The number of carbonyl (C=O) groups is 2. The van der Waals surface area contributed by atoms with E-state index in [1.54, 1.807) is 16.7 Å². The number of nitrogens with zero attached hydrogens (tertiary/aromatic N) is 1. The summed E-state index contributed by atoms with van der Waals surface area (Å²) in [6, 6.07) is 7.32. The number of para-hydroxylation sites is 1. The fourth-order valence-electron chi connectivity index (χ4n) is 2.09. The van der Waals surface area contributed by atoms with E-state index in [0.717, 1.165) is 10.6 Å². The summed E-state index contributed by atoms with van der Waals surface area (Å²) in [7, 11) is 0. The number of carbonyl (C=O) groups excluding carboxylic acids is 1. The van der Waals surface area contributed by atoms with Crippen molar-refractivity contribution >= 4 is 29.4 Å². The first kappa shape index (κ1) is 13.7. The first-order valence-corrected chi connectivity index (χ1v) is 7.26. The summed E-state index contributed by atoms with van der Waals surface area (Å²) in [6.45, 7) is 0.771. The Kier molecular flexibility index (Phi) is 4.31. The van der Waals surface area contributed by atoms with Crippen LogP contribution in [0.2, 0.25) is 0 Å². The highest BCUT2D eigenvalue weighted by Crippen LogP contribution is 2.25. The summed E-state index contributed by atoms with van der Waals surface area (Å²) < 4.78 is 0. The third kappa shape index (κ3) is 3.20. The normalized spacial score (nSPS) is 18.4. The Morgan fingerprint density at radius 2 is 2.16 bits per heavy atom. The van der Waals surface area contributed by atoms with Crippen LogP contribution in [-0.4, -0.2) is 41.4 Å². The summed E-state index contributed by atoms with van der Waals surface area (Å²) in [5, 5.41) is 11.8. The molecule has 0 radical (unpaired) electrons. The fourth-order valence-corrected chi connectivity index (χ4v) is 2.64. The van der Waals surface area contributed by atoms with Gasteiger partial charge in [-0.05, 0) is 24.8 Å². The van der Waals surface area contributed by atoms with Crippen LogP contribution >= 0.6 is 11.8 Å². The molecule has 1 aliphatic heterocycles. The molecule has 1 atom stereocenters. The van der Waals surface area contributed by atoms with E-state index in [1.807, 2.05) is 30.5 Å². The largest absolute Gasteiger partial charge is 0.481 e. The van der Waals surface area contributed by atoms with Crippen molar-refractivity contribution in [2.24, 2.45) is 5.92 Å². The number of aliphatic carboxylic acids is 1. The van der Waals surface area contributed by atoms with Gasteiger partial charge in [-0.2, -0.15) is 0 Å². The highest BCUT2D eigenvalue weighted by atomic mass is 32.2. The van der Waals surface area contributed by atoms with Gasteiger partial charge in [-0.25, -0.2) is 4.79 Å². The van der Waals surface area contributed by atoms with E-state index in [9.17, 15) is 9.59 Å². The van der Waals surface area contributed by atoms with Gasteiger partial charge in [0.25, 0.3) is 0 Å². The van der Waals surface area contributed by atoms with Gasteiger partial charge < -0.3 is 15.3 Å². The number of amides is 2. The zero-order valence-corrected chi connectivity index (χ0v) is 11.4. The fraction of sp³-hybridized carbons (Fsp3) is 0.385. The number of urea groups is 1. The van der Waals surface area contributed by atoms with Gasteiger partial charge in [0.15, 0.2) is 0 Å². The Hall–Kier alpha value is -1.69. The number of anilines is 1. The maximum atomic E-state index is 12.1. The average Bonchev–Trinajstić information content (AvgIpc) is 2.89. The van der Waals surface area contributed by atoms with Crippen LogP contribution in [0.5, 0.6) is 0 Å². The number of thioether (sulfide) groups is 1. The van der Waals surface area contributed by atoms with Gasteiger partial charge in [-0.15, -0.1) is 11.8 Å². The van der Waals surface area contributed by atoms with E-state index >= 15 is 0 Å². The third-order valence-corrected chi connectivity index (χ3v) is 3.97. The van der Waals surface area contributed by atoms with Crippen molar-refractivity contribution in [1.82, 2.24) is 4.90 Å². The van der Waals surface area contributed by atoms with Gasteiger partial charge >= 0.3 is 12.0 Å². The second kappa shape index (κ2) is 5.97. The summed E-state index contributed by atoms with van der Waals surface area (Å²) in [5.74, 6) is -1.28. The number of hydrogen-bond acceptors (Lipinski definition) is 3. The second-order valence-electron chi connectivity index (χ2n) is 4.40. The van der Waals surface area contributed by atoms with Crippen LogP contribution in [0.25, 0.3) is 0 Å². The molecule has 2 amide bonds. The molecule has 2 N–H and O–H groups in total. The van der Waals surface area contributed by atoms with Crippen LogP contribution in [0.1, 0.15) is 6.42 Å². The van der Waals surface area contributed by atoms with Gasteiger partial charge in [0.2, 0.25) is 0 Å². The molecule has 1 heterocycles. The molecule has 0 aromatic heterocycles. The SMILES string of the molecule is CSc1ccccc1NC(=O)N1CCC(C(=O)O)C1. The molecule has 1 aromatic rings. The number of carboxylic acid groups (broad SMARTS) is 1. The maximum Gasteiger partial charge on any atom is 0.321 e. The third-order valence-electron chi connectivity index (χ3n) is 3.17. The molecule has 1 saturated heterocycles. The lowest BCUT2D eigenvalue weighted by atomic mass is 10.1. The van der Waals surface area contributed by atoms with Crippen LogP contribution in [0.15, 0.2) is 29.2 Å². The molecule has 19 heavy (non-hydrogen) atoms. The molecule has 0 bridgehead atoms. The zero-order valence-electron chi connectivity index (χ0n) is 10.6. The van der Waals surface area contributed by atoms with Crippen molar-refractivity contribution in [3.8, 4) is 0 Å². The predicted octanol–water partition coefficient (Wildman–Crippen LogP) is 2.35. The molecule has 0 aliphatic carbocycles. The molecule has 1 unspecified atom stereocenters. The van der Waals surface area contributed by atoms with E-state index in [1.165, 1.54) is 0 Å². The number of carboxylic acids is 1. The highest BCUT2D eigenvalue weighted by Gasteiger charge is 2.30. The Balaban J connectivity index is 2.00. The first-order valence-electron chi connectivity index (χ1n) is 6.03. The summed E-state index contributed by atoms with van der Waals surface area (Å²) in [4.78, 5) is 25.5. The lowest BCUT2D eigenvalue weighted by molar-refractivity contribution is -0.141. The van der Waals surface area contributed by atoms with E-state index in [4.69, 9.17) is 5.11 Å². The molecule has 0 spiro atoms. The van der Waals surface area contributed by atoms with Gasteiger partial charge in [0.05, 0.1) is 11.6 Å². The Morgan fingerprint density at radius 3 is 2.79 bits per heavy atom. The van der Waals surface area contributed by atoms with Crippen LogP contribution < -0.4 is 5.32 Å². The summed E-state index contributed by atoms with van der Waals surface area (Å²) in [6.07, 6.45) is 2.47. The molecular weight excluding hydrogens is 264 g/mol. The lowest BCUT2D eigenvalue weighted by Gasteiger charge is -2.17. The van der Waals surface area contributed by atoms with Crippen molar-refractivity contribution < 1.29 is 14.7 Å². The Bertz CT molecular complexity index is 493. The quantitative estimate of drug-likeness (QED) is 0.834. The Morgan fingerprint density at radius 1 is 1.42 bits per heavy atom. The Labute approximate surface area is 116 Å². The second-order valence-corrected chi connectivity index (χ2v) is 5.25. The molecule has 0 saturated carbocycles. The molecular formula is C13H16N2O3S. The smallest absolute Gasteiger partial charge is 0.321 e. The molecule has 6 heteroatoms. The van der Waals surface area contributed by atoms with Crippen molar-refractivity contribution in [2.75, 3.05) is 24.7 Å². The monoisotopic (exact) mass is 280 g/mol. The molecule has 1 aliphatic rings.